The Morgan fingerprint density at radius 3 is 2.57 bits per heavy atom. The summed E-state index contributed by atoms with van der Waals surface area (Å²) in [6.45, 7) is 1.76. The summed E-state index contributed by atoms with van der Waals surface area (Å²) < 4.78 is 0. The molecule has 0 aromatic carbocycles. The molecule has 14 heavy (non-hydrogen) atoms. The summed E-state index contributed by atoms with van der Waals surface area (Å²) in [5, 5.41) is 9.51. The van der Waals surface area contributed by atoms with E-state index in [2.05, 4.69) is 19.9 Å². The Morgan fingerprint density at radius 2 is 1.86 bits per heavy atom. The van der Waals surface area contributed by atoms with Gasteiger partial charge in [-0.1, -0.05) is 0 Å². The maximum atomic E-state index is 9.51. The minimum absolute atomic E-state index is 0.0328. The molecule has 0 aliphatic carbocycles. The van der Waals surface area contributed by atoms with Gasteiger partial charge in [0.2, 0.25) is 0 Å². The maximum Gasteiger partial charge on any atom is 0.160 e. The molecule has 0 fully saturated rings. The number of hydrogen-bond acceptors (Lipinski definition) is 5. The van der Waals surface area contributed by atoms with Gasteiger partial charge in [-0.15, -0.1) is 0 Å². The number of aromatic nitrogens is 4. The SMILES string of the molecule is Cc1ncc(O)c(-c2cncnc2)n1. The molecule has 5 heteroatoms. The molecule has 2 aromatic rings. The van der Waals surface area contributed by atoms with Crippen molar-refractivity contribution < 1.29 is 5.11 Å². The van der Waals surface area contributed by atoms with Crippen LogP contribution in [0.4, 0.5) is 0 Å². The zero-order valence-corrected chi connectivity index (χ0v) is 7.55. The molecular weight excluding hydrogens is 180 g/mol. The van der Waals surface area contributed by atoms with E-state index in [0.29, 0.717) is 17.1 Å². The Kier molecular flexibility index (Phi) is 2.06. The summed E-state index contributed by atoms with van der Waals surface area (Å²) in [6.07, 6.45) is 5.97. The van der Waals surface area contributed by atoms with Crippen LogP contribution in [0.2, 0.25) is 0 Å². The molecule has 2 rings (SSSR count). The zero-order valence-electron chi connectivity index (χ0n) is 7.55. The molecule has 1 N–H and O–H groups in total. The molecule has 2 heterocycles. The summed E-state index contributed by atoms with van der Waals surface area (Å²) in [4.78, 5) is 15.7. The van der Waals surface area contributed by atoms with E-state index in [9.17, 15) is 5.11 Å². The quantitative estimate of drug-likeness (QED) is 0.721. The molecule has 0 radical (unpaired) electrons. The molecule has 0 spiro atoms. The first-order chi connectivity index (χ1) is 6.77. The Morgan fingerprint density at radius 1 is 1.14 bits per heavy atom. The van der Waals surface area contributed by atoms with Gasteiger partial charge in [0.15, 0.2) is 5.75 Å². The molecule has 0 amide bonds. The van der Waals surface area contributed by atoms with Gasteiger partial charge in [-0.05, 0) is 6.92 Å². The van der Waals surface area contributed by atoms with Gasteiger partial charge in [-0.3, -0.25) is 0 Å². The lowest BCUT2D eigenvalue weighted by molar-refractivity contribution is 0.471. The lowest BCUT2D eigenvalue weighted by Crippen LogP contribution is -1.92. The van der Waals surface area contributed by atoms with Crippen molar-refractivity contribution in [2.24, 2.45) is 0 Å². The van der Waals surface area contributed by atoms with Gasteiger partial charge in [0.25, 0.3) is 0 Å². The van der Waals surface area contributed by atoms with Crippen molar-refractivity contribution in [3.63, 3.8) is 0 Å². The fourth-order valence-corrected chi connectivity index (χ4v) is 1.10. The first kappa shape index (κ1) is 8.55. The van der Waals surface area contributed by atoms with Crippen LogP contribution in [0.15, 0.2) is 24.9 Å². The zero-order chi connectivity index (χ0) is 9.97. The van der Waals surface area contributed by atoms with E-state index in [0.717, 1.165) is 0 Å². The van der Waals surface area contributed by atoms with Crippen molar-refractivity contribution in [2.45, 2.75) is 6.92 Å². The predicted molar refractivity (Wildman–Crippen MR) is 49.5 cm³/mol. The average Bonchev–Trinajstić information content (AvgIpc) is 2.23. The Balaban J connectivity index is 2.57. The van der Waals surface area contributed by atoms with Gasteiger partial charge in [0.05, 0.1) is 6.20 Å². The fourth-order valence-electron chi connectivity index (χ4n) is 1.10. The Hall–Kier alpha value is -2.04. The highest BCUT2D eigenvalue weighted by Crippen LogP contribution is 2.24. The van der Waals surface area contributed by atoms with Crippen molar-refractivity contribution in [2.75, 3.05) is 0 Å². The van der Waals surface area contributed by atoms with E-state index in [-0.39, 0.29) is 5.75 Å². The summed E-state index contributed by atoms with van der Waals surface area (Å²) in [7, 11) is 0. The van der Waals surface area contributed by atoms with Gasteiger partial charge in [0.1, 0.15) is 17.8 Å². The van der Waals surface area contributed by atoms with Crippen molar-refractivity contribution >= 4 is 0 Å². The van der Waals surface area contributed by atoms with Crippen LogP contribution in [0.25, 0.3) is 11.3 Å². The standard InChI is InChI=1S/C9H8N4O/c1-6-12-4-8(14)9(13-6)7-2-10-5-11-3-7/h2-5,14H,1H3. The van der Waals surface area contributed by atoms with E-state index in [4.69, 9.17) is 0 Å². The third kappa shape index (κ3) is 1.52. The molecule has 0 saturated carbocycles. The van der Waals surface area contributed by atoms with Crippen LogP contribution in [0.1, 0.15) is 5.82 Å². The second-order valence-corrected chi connectivity index (χ2v) is 2.78. The minimum atomic E-state index is 0.0328. The number of rotatable bonds is 1. The second-order valence-electron chi connectivity index (χ2n) is 2.78. The second kappa shape index (κ2) is 3.37. The lowest BCUT2D eigenvalue weighted by atomic mass is 10.2. The van der Waals surface area contributed by atoms with Crippen molar-refractivity contribution in [3.05, 3.63) is 30.7 Å². The van der Waals surface area contributed by atoms with E-state index in [1.165, 1.54) is 12.5 Å². The molecule has 70 valence electrons. The molecule has 5 nitrogen and oxygen atoms in total. The van der Waals surface area contributed by atoms with Crippen LogP contribution >= 0.6 is 0 Å². The van der Waals surface area contributed by atoms with Gasteiger partial charge < -0.3 is 5.11 Å². The van der Waals surface area contributed by atoms with Crippen molar-refractivity contribution in [3.8, 4) is 17.0 Å². The van der Waals surface area contributed by atoms with E-state index in [1.807, 2.05) is 0 Å². The normalized spacial score (nSPS) is 10.1. The lowest BCUT2D eigenvalue weighted by Gasteiger charge is -2.02. The highest BCUT2D eigenvalue weighted by Gasteiger charge is 2.06. The monoisotopic (exact) mass is 188 g/mol. The van der Waals surface area contributed by atoms with Gasteiger partial charge in [-0.2, -0.15) is 0 Å². The predicted octanol–water partition coefficient (Wildman–Crippen LogP) is 0.948. The molecule has 0 bridgehead atoms. The number of aromatic hydroxyl groups is 1. The van der Waals surface area contributed by atoms with Crippen LogP contribution < -0.4 is 0 Å². The molecule has 2 aromatic heterocycles. The van der Waals surface area contributed by atoms with E-state index < -0.39 is 0 Å². The molecule has 0 aliphatic rings. The average molecular weight is 188 g/mol. The first-order valence-corrected chi connectivity index (χ1v) is 4.05. The van der Waals surface area contributed by atoms with Crippen LogP contribution in [-0.4, -0.2) is 25.0 Å². The molecule has 0 unspecified atom stereocenters. The smallest absolute Gasteiger partial charge is 0.160 e. The third-order valence-corrected chi connectivity index (χ3v) is 1.72. The number of aryl methyl sites for hydroxylation is 1. The van der Waals surface area contributed by atoms with Crippen LogP contribution in [0.3, 0.4) is 0 Å². The first-order valence-electron chi connectivity index (χ1n) is 4.05. The summed E-state index contributed by atoms with van der Waals surface area (Å²) in [5.41, 5.74) is 1.13. The van der Waals surface area contributed by atoms with Crippen LogP contribution in [0, 0.1) is 6.92 Å². The fraction of sp³-hybridized carbons (Fsp3) is 0.111. The summed E-state index contributed by atoms with van der Waals surface area (Å²) in [5.74, 6) is 0.632. The van der Waals surface area contributed by atoms with Gasteiger partial charge in [0, 0.05) is 18.0 Å². The molecule has 0 atom stereocenters. The van der Waals surface area contributed by atoms with Crippen molar-refractivity contribution in [1.82, 2.24) is 19.9 Å². The molecule has 0 saturated heterocycles. The van der Waals surface area contributed by atoms with Gasteiger partial charge in [-0.25, -0.2) is 19.9 Å². The highest BCUT2D eigenvalue weighted by atomic mass is 16.3. The number of hydrogen-bond donors (Lipinski definition) is 1. The highest BCUT2D eigenvalue weighted by molar-refractivity contribution is 5.63. The Labute approximate surface area is 80.5 Å². The summed E-state index contributed by atoms with van der Waals surface area (Å²) >= 11 is 0. The third-order valence-electron chi connectivity index (χ3n) is 1.72. The Bertz CT molecular complexity index is 444. The van der Waals surface area contributed by atoms with E-state index in [1.54, 1.807) is 19.3 Å². The number of nitrogens with zero attached hydrogens (tertiary/aromatic N) is 4. The van der Waals surface area contributed by atoms with Crippen LogP contribution in [-0.2, 0) is 0 Å². The maximum absolute atomic E-state index is 9.51. The minimum Gasteiger partial charge on any atom is -0.504 e. The molecular formula is C9H8N4O. The van der Waals surface area contributed by atoms with Gasteiger partial charge >= 0.3 is 0 Å². The summed E-state index contributed by atoms with van der Waals surface area (Å²) in [6, 6.07) is 0. The molecule has 0 aliphatic heterocycles. The largest absolute Gasteiger partial charge is 0.504 e. The van der Waals surface area contributed by atoms with E-state index >= 15 is 0 Å². The van der Waals surface area contributed by atoms with Crippen LogP contribution in [0.5, 0.6) is 5.75 Å². The van der Waals surface area contributed by atoms with Crippen molar-refractivity contribution in [1.29, 1.82) is 0 Å². The topological polar surface area (TPSA) is 71.8 Å².